The lowest BCUT2D eigenvalue weighted by Gasteiger charge is -2.25. The van der Waals surface area contributed by atoms with Crippen molar-refractivity contribution in [1.29, 1.82) is 0 Å². The molecule has 0 spiro atoms. The predicted molar refractivity (Wildman–Crippen MR) is 79.5 cm³/mol. The van der Waals surface area contributed by atoms with Gasteiger partial charge in [-0.05, 0) is 44.8 Å². The van der Waals surface area contributed by atoms with Crippen LogP contribution in [0.1, 0.15) is 47.0 Å². The SMILES string of the molecule is CC(=O)OC1CC2C(C=C(C)CCC=C1C)OC(=O)C2C. The Morgan fingerprint density at radius 2 is 2.10 bits per heavy atom. The summed E-state index contributed by atoms with van der Waals surface area (Å²) in [7, 11) is 0. The lowest BCUT2D eigenvalue weighted by atomic mass is 9.83. The van der Waals surface area contributed by atoms with Gasteiger partial charge in [-0.25, -0.2) is 0 Å². The third-order valence-electron chi connectivity index (χ3n) is 4.44. The number of rotatable bonds is 1. The van der Waals surface area contributed by atoms with Crippen molar-refractivity contribution in [3.05, 3.63) is 23.3 Å². The van der Waals surface area contributed by atoms with E-state index in [1.54, 1.807) is 0 Å². The molecule has 21 heavy (non-hydrogen) atoms. The van der Waals surface area contributed by atoms with Gasteiger partial charge >= 0.3 is 11.9 Å². The van der Waals surface area contributed by atoms with Crippen LogP contribution in [0.25, 0.3) is 0 Å². The van der Waals surface area contributed by atoms with Gasteiger partial charge in [0.05, 0.1) is 5.92 Å². The Hall–Kier alpha value is -1.58. The third kappa shape index (κ3) is 3.74. The first-order valence-corrected chi connectivity index (χ1v) is 7.60. The number of hydrogen-bond acceptors (Lipinski definition) is 4. The second-order valence-corrected chi connectivity index (χ2v) is 6.19. The van der Waals surface area contributed by atoms with Gasteiger partial charge in [-0.15, -0.1) is 0 Å². The molecule has 116 valence electrons. The fourth-order valence-electron chi connectivity index (χ4n) is 3.08. The average Bonchev–Trinajstić information content (AvgIpc) is 2.64. The number of hydrogen-bond donors (Lipinski definition) is 0. The zero-order chi connectivity index (χ0) is 15.6. The summed E-state index contributed by atoms with van der Waals surface area (Å²) in [6.07, 6.45) is 6.20. The van der Waals surface area contributed by atoms with E-state index in [2.05, 4.69) is 19.1 Å². The molecule has 4 heteroatoms. The van der Waals surface area contributed by atoms with Crippen molar-refractivity contribution >= 4 is 11.9 Å². The third-order valence-corrected chi connectivity index (χ3v) is 4.44. The number of allylic oxidation sites excluding steroid dienone is 2. The topological polar surface area (TPSA) is 52.6 Å². The lowest BCUT2D eigenvalue weighted by Crippen LogP contribution is -2.28. The molecule has 0 aromatic rings. The van der Waals surface area contributed by atoms with Gasteiger partial charge < -0.3 is 9.47 Å². The average molecular weight is 292 g/mol. The molecule has 0 bridgehead atoms. The van der Waals surface area contributed by atoms with Crippen LogP contribution in [0.2, 0.25) is 0 Å². The van der Waals surface area contributed by atoms with E-state index in [1.165, 1.54) is 12.5 Å². The molecule has 1 aliphatic heterocycles. The maximum atomic E-state index is 11.9. The highest BCUT2D eigenvalue weighted by molar-refractivity contribution is 5.75. The van der Waals surface area contributed by atoms with Gasteiger partial charge in [0, 0.05) is 12.8 Å². The molecule has 4 atom stereocenters. The van der Waals surface area contributed by atoms with E-state index in [9.17, 15) is 9.59 Å². The summed E-state index contributed by atoms with van der Waals surface area (Å²) in [6, 6.07) is 0. The summed E-state index contributed by atoms with van der Waals surface area (Å²) in [6.45, 7) is 7.38. The number of esters is 2. The van der Waals surface area contributed by atoms with Crippen molar-refractivity contribution in [2.75, 3.05) is 0 Å². The van der Waals surface area contributed by atoms with Gasteiger partial charge in [0.25, 0.3) is 0 Å². The molecule has 0 aromatic heterocycles. The smallest absolute Gasteiger partial charge is 0.309 e. The molecule has 0 saturated carbocycles. The van der Waals surface area contributed by atoms with E-state index in [1.807, 2.05) is 13.8 Å². The lowest BCUT2D eigenvalue weighted by molar-refractivity contribution is -0.145. The Morgan fingerprint density at radius 1 is 1.38 bits per heavy atom. The number of ether oxygens (including phenoxy) is 2. The van der Waals surface area contributed by atoms with Crippen molar-refractivity contribution in [2.45, 2.75) is 59.2 Å². The predicted octanol–water partition coefficient (Wildman–Crippen LogP) is 3.17. The molecular weight excluding hydrogens is 268 g/mol. The van der Waals surface area contributed by atoms with Crippen LogP contribution in [0, 0.1) is 11.8 Å². The molecule has 0 aromatic carbocycles. The second-order valence-electron chi connectivity index (χ2n) is 6.19. The fourth-order valence-corrected chi connectivity index (χ4v) is 3.08. The van der Waals surface area contributed by atoms with Crippen LogP contribution in [-0.4, -0.2) is 24.1 Å². The summed E-state index contributed by atoms with van der Waals surface area (Å²) in [4.78, 5) is 23.2. The zero-order valence-corrected chi connectivity index (χ0v) is 13.2. The largest absolute Gasteiger partial charge is 0.458 e. The number of carbonyl (C=O) groups is 2. The monoisotopic (exact) mass is 292 g/mol. The summed E-state index contributed by atoms with van der Waals surface area (Å²) < 4.78 is 11.0. The Balaban J connectivity index is 2.29. The fraction of sp³-hybridized carbons (Fsp3) is 0.647. The van der Waals surface area contributed by atoms with Crippen molar-refractivity contribution < 1.29 is 19.1 Å². The van der Waals surface area contributed by atoms with E-state index in [0.29, 0.717) is 6.42 Å². The van der Waals surface area contributed by atoms with E-state index < -0.39 is 0 Å². The van der Waals surface area contributed by atoms with Crippen LogP contribution >= 0.6 is 0 Å². The summed E-state index contributed by atoms with van der Waals surface area (Å²) >= 11 is 0. The molecule has 4 unspecified atom stereocenters. The first-order chi connectivity index (χ1) is 9.88. The molecule has 1 fully saturated rings. The highest BCUT2D eigenvalue weighted by atomic mass is 16.6. The van der Waals surface area contributed by atoms with Crippen molar-refractivity contribution in [3.8, 4) is 0 Å². The van der Waals surface area contributed by atoms with Crippen molar-refractivity contribution in [1.82, 2.24) is 0 Å². The van der Waals surface area contributed by atoms with Crippen LogP contribution in [-0.2, 0) is 19.1 Å². The molecule has 0 amide bonds. The highest BCUT2D eigenvalue weighted by Crippen LogP contribution is 2.36. The Morgan fingerprint density at radius 3 is 2.76 bits per heavy atom. The standard InChI is InChI=1S/C17H24O4/c1-10-6-5-7-11(2)15(20-13(4)18)9-14-12(3)17(19)21-16(14)8-10/h7-8,12,14-16H,5-6,9H2,1-4H3. The van der Waals surface area contributed by atoms with Gasteiger partial charge in [0.15, 0.2) is 0 Å². The van der Waals surface area contributed by atoms with Crippen molar-refractivity contribution in [2.24, 2.45) is 11.8 Å². The first kappa shape index (κ1) is 15.8. The molecular formula is C17H24O4. The van der Waals surface area contributed by atoms with Crippen LogP contribution in [0.3, 0.4) is 0 Å². The normalized spacial score (nSPS) is 33.4. The molecule has 0 N–H and O–H groups in total. The van der Waals surface area contributed by atoms with Gasteiger partial charge in [-0.2, -0.15) is 0 Å². The molecule has 1 heterocycles. The molecule has 4 nitrogen and oxygen atoms in total. The van der Waals surface area contributed by atoms with Crippen LogP contribution in [0.5, 0.6) is 0 Å². The second kappa shape index (κ2) is 6.46. The Bertz CT molecular complexity index is 489. The summed E-state index contributed by atoms with van der Waals surface area (Å²) in [5.41, 5.74) is 2.30. The van der Waals surface area contributed by atoms with Crippen LogP contribution in [0.4, 0.5) is 0 Å². The molecule has 2 aliphatic rings. The van der Waals surface area contributed by atoms with Gasteiger partial charge in [0.2, 0.25) is 0 Å². The minimum Gasteiger partial charge on any atom is -0.458 e. The maximum Gasteiger partial charge on any atom is 0.309 e. The minimum atomic E-state index is -0.286. The maximum absolute atomic E-state index is 11.9. The van der Waals surface area contributed by atoms with E-state index in [0.717, 1.165) is 18.4 Å². The van der Waals surface area contributed by atoms with Crippen molar-refractivity contribution in [3.63, 3.8) is 0 Å². The molecule has 1 aliphatic carbocycles. The molecule has 2 rings (SSSR count). The quantitative estimate of drug-likeness (QED) is 0.550. The summed E-state index contributed by atoms with van der Waals surface area (Å²) in [5.74, 6) is -0.551. The first-order valence-electron chi connectivity index (χ1n) is 7.60. The molecule has 0 radical (unpaired) electrons. The van der Waals surface area contributed by atoms with Gasteiger partial charge in [-0.1, -0.05) is 18.6 Å². The zero-order valence-electron chi connectivity index (χ0n) is 13.2. The Kier molecular flexibility index (Phi) is 4.86. The Labute approximate surface area is 126 Å². The van der Waals surface area contributed by atoms with Crippen LogP contribution < -0.4 is 0 Å². The number of fused-ring (bicyclic) bond motifs is 1. The minimum absolute atomic E-state index is 0.0539. The van der Waals surface area contributed by atoms with E-state index in [4.69, 9.17) is 9.47 Å². The highest BCUT2D eigenvalue weighted by Gasteiger charge is 2.42. The van der Waals surface area contributed by atoms with Crippen LogP contribution in [0.15, 0.2) is 23.3 Å². The summed E-state index contributed by atoms with van der Waals surface area (Å²) in [5, 5.41) is 0. The van der Waals surface area contributed by atoms with E-state index in [-0.39, 0.29) is 36.0 Å². The van der Waals surface area contributed by atoms with E-state index >= 15 is 0 Å². The number of carbonyl (C=O) groups excluding carboxylic acids is 2. The molecule has 1 saturated heterocycles. The van der Waals surface area contributed by atoms with Gasteiger partial charge in [-0.3, -0.25) is 9.59 Å². The van der Waals surface area contributed by atoms with Gasteiger partial charge in [0.1, 0.15) is 12.2 Å².